The Kier molecular flexibility index (Phi) is 3.38. The van der Waals surface area contributed by atoms with Crippen LogP contribution in [0, 0.1) is 0 Å². The van der Waals surface area contributed by atoms with Gasteiger partial charge in [-0.1, -0.05) is 17.7 Å². The van der Waals surface area contributed by atoms with E-state index >= 15 is 0 Å². The van der Waals surface area contributed by atoms with Gasteiger partial charge in [-0.25, -0.2) is 0 Å². The zero-order chi connectivity index (χ0) is 9.68. The summed E-state index contributed by atoms with van der Waals surface area (Å²) >= 11 is 0. The van der Waals surface area contributed by atoms with Crippen molar-refractivity contribution in [2.45, 2.75) is 13.3 Å². The van der Waals surface area contributed by atoms with Gasteiger partial charge >= 0.3 is 0 Å². The van der Waals surface area contributed by atoms with Crippen LogP contribution in [0.4, 0.5) is 0 Å². The summed E-state index contributed by atoms with van der Waals surface area (Å²) in [7, 11) is 0. The minimum absolute atomic E-state index is 0.184. The SMILES string of the molecule is C=C(C)CCOc1ccccc1O. The third-order valence-corrected chi connectivity index (χ3v) is 1.65. The van der Waals surface area contributed by atoms with E-state index in [-0.39, 0.29) is 5.75 Å². The first-order valence-corrected chi connectivity index (χ1v) is 4.25. The smallest absolute Gasteiger partial charge is 0.160 e. The quantitative estimate of drug-likeness (QED) is 0.718. The fourth-order valence-corrected chi connectivity index (χ4v) is 0.914. The maximum absolute atomic E-state index is 9.33. The Labute approximate surface area is 78.5 Å². The van der Waals surface area contributed by atoms with Gasteiger partial charge in [-0.3, -0.25) is 0 Å². The molecule has 0 amide bonds. The normalized spacial score (nSPS) is 9.62. The number of para-hydroxylation sites is 2. The molecule has 0 aliphatic rings. The molecule has 0 radical (unpaired) electrons. The molecule has 0 fully saturated rings. The molecule has 70 valence electrons. The highest BCUT2D eigenvalue weighted by Crippen LogP contribution is 2.24. The summed E-state index contributed by atoms with van der Waals surface area (Å²) in [6.07, 6.45) is 0.814. The van der Waals surface area contributed by atoms with Gasteiger partial charge in [0, 0.05) is 6.42 Å². The average Bonchev–Trinajstić information content (AvgIpc) is 2.08. The predicted octanol–water partition coefficient (Wildman–Crippen LogP) is 2.74. The lowest BCUT2D eigenvalue weighted by molar-refractivity contribution is 0.303. The molecular formula is C11H14O2. The second kappa shape index (κ2) is 4.55. The van der Waals surface area contributed by atoms with E-state index in [1.165, 1.54) is 0 Å². The molecule has 1 aromatic carbocycles. The number of hydrogen-bond donors (Lipinski definition) is 1. The number of ether oxygens (including phenoxy) is 1. The third kappa shape index (κ3) is 3.20. The Morgan fingerprint density at radius 1 is 1.46 bits per heavy atom. The monoisotopic (exact) mass is 178 g/mol. The minimum Gasteiger partial charge on any atom is -0.504 e. The van der Waals surface area contributed by atoms with Gasteiger partial charge in [0.2, 0.25) is 0 Å². The van der Waals surface area contributed by atoms with Crippen LogP contribution < -0.4 is 4.74 Å². The molecule has 0 aliphatic carbocycles. The summed E-state index contributed by atoms with van der Waals surface area (Å²) in [5, 5.41) is 9.33. The van der Waals surface area contributed by atoms with Crippen LogP contribution in [-0.2, 0) is 0 Å². The lowest BCUT2D eigenvalue weighted by atomic mass is 10.2. The van der Waals surface area contributed by atoms with Gasteiger partial charge in [0.1, 0.15) is 0 Å². The summed E-state index contributed by atoms with van der Waals surface area (Å²) in [6.45, 7) is 6.28. The highest BCUT2D eigenvalue weighted by molar-refractivity contribution is 5.37. The number of rotatable bonds is 4. The molecule has 1 rings (SSSR count). The topological polar surface area (TPSA) is 29.5 Å². The summed E-state index contributed by atoms with van der Waals surface area (Å²) in [5.41, 5.74) is 1.08. The first-order valence-electron chi connectivity index (χ1n) is 4.25. The lowest BCUT2D eigenvalue weighted by Gasteiger charge is -2.06. The van der Waals surface area contributed by atoms with Crippen molar-refractivity contribution in [3.8, 4) is 11.5 Å². The highest BCUT2D eigenvalue weighted by atomic mass is 16.5. The van der Waals surface area contributed by atoms with Crippen LogP contribution in [0.25, 0.3) is 0 Å². The number of phenols is 1. The van der Waals surface area contributed by atoms with E-state index in [1.807, 2.05) is 13.0 Å². The molecular weight excluding hydrogens is 164 g/mol. The molecule has 0 bridgehead atoms. The zero-order valence-electron chi connectivity index (χ0n) is 7.79. The van der Waals surface area contributed by atoms with Gasteiger partial charge < -0.3 is 9.84 Å². The van der Waals surface area contributed by atoms with Crippen molar-refractivity contribution in [1.29, 1.82) is 0 Å². The third-order valence-electron chi connectivity index (χ3n) is 1.65. The van der Waals surface area contributed by atoms with Gasteiger partial charge in [-0.15, -0.1) is 6.58 Å². The van der Waals surface area contributed by atoms with Crippen LogP contribution in [0.1, 0.15) is 13.3 Å². The second-order valence-electron chi connectivity index (χ2n) is 3.02. The highest BCUT2D eigenvalue weighted by Gasteiger charge is 1.98. The zero-order valence-corrected chi connectivity index (χ0v) is 7.79. The standard InChI is InChI=1S/C11H14O2/c1-9(2)7-8-13-11-6-4-3-5-10(11)12/h3-6,12H,1,7-8H2,2H3. The van der Waals surface area contributed by atoms with Crippen molar-refractivity contribution < 1.29 is 9.84 Å². The van der Waals surface area contributed by atoms with Crippen LogP contribution in [0.2, 0.25) is 0 Å². The summed E-state index contributed by atoms with van der Waals surface area (Å²) in [6, 6.07) is 6.95. The van der Waals surface area contributed by atoms with Crippen molar-refractivity contribution in [1.82, 2.24) is 0 Å². The molecule has 1 aromatic rings. The Bertz CT molecular complexity index is 292. The van der Waals surface area contributed by atoms with E-state index in [1.54, 1.807) is 18.2 Å². The fraction of sp³-hybridized carbons (Fsp3) is 0.273. The molecule has 0 saturated carbocycles. The maximum atomic E-state index is 9.33. The first-order chi connectivity index (χ1) is 6.20. The Balaban J connectivity index is 2.45. The summed E-state index contributed by atoms with van der Waals surface area (Å²) in [5.74, 6) is 0.716. The van der Waals surface area contributed by atoms with Crippen molar-refractivity contribution >= 4 is 0 Å². The Morgan fingerprint density at radius 2 is 2.15 bits per heavy atom. The van der Waals surface area contributed by atoms with Crippen molar-refractivity contribution in [3.05, 3.63) is 36.4 Å². The van der Waals surface area contributed by atoms with E-state index in [0.29, 0.717) is 12.4 Å². The largest absolute Gasteiger partial charge is 0.504 e. The van der Waals surface area contributed by atoms with Gasteiger partial charge in [0.05, 0.1) is 6.61 Å². The number of phenolic OH excluding ortho intramolecular Hbond substituents is 1. The Hall–Kier alpha value is -1.44. The minimum atomic E-state index is 0.184. The van der Waals surface area contributed by atoms with Crippen molar-refractivity contribution in [3.63, 3.8) is 0 Å². The van der Waals surface area contributed by atoms with Gasteiger partial charge in [0.25, 0.3) is 0 Å². The summed E-state index contributed by atoms with van der Waals surface area (Å²) < 4.78 is 5.34. The van der Waals surface area contributed by atoms with E-state index in [9.17, 15) is 5.11 Å². The predicted molar refractivity (Wildman–Crippen MR) is 53.0 cm³/mol. The lowest BCUT2D eigenvalue weighted by Crippen LogP contribution is -1.97. The molecule has 0 aromatic heterocycles. The van der Waals surface area contributed by atoms with E-state index in [2.05, 4.69) is 6.58 Å². The molecule has 0 saturated heterocycles. The fourth-order valence-electron chi connectivity index (χ4n) is 0.914. The van der Waals surface area contributed by atoms with E-state index < -0.39 is 0 Å². The summed E-state index contributed by atoms with van der Waals surface area (Å²) in [4.78, 5) is 0. The first kappa shape index (κ1) is 9.65. The molecule has 0 unspecified atom stereocenters. The van der Waals surface area contributed by atoms with Gasteiger partial charge in [-0.2, -0.15) is 0 Å². The van der Waals surface area contributed by atoms with Gasteiger partial charge in [-0.05, 0) is 19.1 Å². The Morgan fingerprint density at radius 3 is 2.77 bits per heavy atom. The van der Waals surface area contributed by atoms with Crippen LogP contribution in [0.15, 0.2) is 36.4 Å². The van der Waals surface area contributed by atoms with Crippen LogP contribution in [0.3, 0.4) is 0 Å². The molecule has 2 nitrogen and oxygen atoms in total. The van der Waals surface area contributed by atoms with Crippen LogP contribution in [-0.4, -0.2) is 11.7 Å². The average molecular weight is 178 g/mol. The molecule has 0 atom stereocenters. The number of hydrogen-bond acceptors (Lipinski definition) is 2. The molecule has 0 heterocycles. The molecule has 1 N–H and O–H groups in total. The molecule has 13 heavy (non-hydrogen) atoms. The molecule has 2 heteroatoms. The molecule has 0 aliphatic heterocycles. The van der Waals surface area contributed by atoms with Crippen molar-refractivity contribution in [2.75, 3.05) is 6.61 Å². The molecule has 0 spiro atoms. The number of aromatic hydroxyl groups is 1. The second-order valence-corrected chi connectivity index (χ2v) is 3.02. The van der Waals surface area contributed by atoms with E-state index in [4.69, 9.17) is 4.74 Å². The number of benzene rings is 1. The maximum Gasteiger partial charge on any atom is 0.160 e. The van der Waals surface area contributed by atoms with Crippen LogP contribution >= 0.6 is 0 Å². The van der Waals surface area contributed by atoms with Crippen molar-refractivity contribution in [2.24, 2.45) is 0 Å². The van der Waals surface area contributed by atoms with E-state index in [0.717, 1.165) is 12.0 Å². The van der Waals surface area contributed by atoms with Crippen LogP contribution in [0.5, 0.6) is 11.5 Å². The van der Waals surface area contributed by atoms with Gasteiger partial charge in [0.15, 0.2) is 11.5 Å².